The molecule has 1 aromatic carbocycles. The van der Waals surface area contributed by atoms with Crippen LogP contribution >= 0.6 is 0 Å². The van der Waals surface area contributed by atoms with E-state index < -0.39 is 0 Å². The Morgan fingerprint density at radius 3 is 3.10 bits per heavy atom. The van der Waals surface area contributed by atoms with Crippen molar-refractivity contribution in [2.45, 2.75) is 19.1 Å². The molecule has 0 aliphatic carbocycles. The summed E-state index contributed by atoms with van der Waals surface area (Å²) in [7, 11) is 4.17. The maximum atomic E-state index is 5.92. The topological polar surface area (TPSA) is 44.4 Å². The minimum Gasteiger partial charge on any atom is -0.373 e. The molecule has 5 nitrogen and oxygen atoms in total. The predicted molar refractivity (Wildman–Crippen MR) is 81.2 cm³/mol. The molecule has 2 heterocycles. The summed E-state index contributed by atoms with van der Waals surface area (Å²) in [5.74, 6) is 0. The summed E-state index contributed by atoms with van der Waals surface area (Å²) >= 11 is 0. The predicted octanol–water partition coefficient (Wildman–Crippen LogP) is 1.72. The Balaban J connectivity index is 1.82. The Labute approximate surface area is 119 Å². The third kappa shape index (κ3) is 2.64. The first kappa shape index (κ1) is 13.4. The zero-order valence-electron chi connectivity index (χ0n) is 12.3. The van der Waals surface area contributed by atoms with E-state index >= 15 is 0 Å². The number of aromatic amines is 1. The van der Waals surface area contributed by atoms with Crippen LogP contribution in [0.15, 0.2) is 24.5 Å². The molecule has 1 N–H and O–H groups in total. The van der Waals surface area contributed by atoms with E-state index in [1.54, 1.807) is 6.33 Å². The largest absolute Gasteiger partial charge is 0.373 e. The summed E-state index contributed by atoms with van der Waals surface area (Å²) in [4.78, 5) is 12.1. The molecule has 0 radical (unpaired) electrons. The van der Waals surface area contributed by atoms with Crippen LogP contribution in [0.25, 0.3) is 11.0 Å². The van der Waals surface area contributed by atoms with Gasteiger partial charge < -0.3 is 19.5 Å². The minimum atomic E-state index is 0.263. The molecule has 1 aliphatic heterocycles. The zero-order chi connectivity index (χ0) is 14.1. The lowest BCUT2D eigenvalue weighted by Crippen LogP contribution is -2.51. The molecule has 1 saturated heterocycles. The minimum absolute atomic E-state index is 0.263. The SMILES string of the molecule is C[C@@H]1CO[C@@H](CN(C)C)CN1c1ccc2nc[nH]c2c1. The fourth-order valence-corrected chi connectivity index (χ4v) is 2.80. The van der Waals surface area contributed by atoms with Gasteiger partial charge in [-0.2, -0.15) is 0 Å². The molecule has 0 bridgehead atoms. The number of ether oxygens (including phenoxy) is 1. The number of hydrogen-bond donors (Lipinski definition) is 1. The molecule has 2 atom stereocenters. The Bertz CT molecular complexity index is 580. The van der Waals surface area contributed by atoms with Crippen LogP contribution in [-0.4, -0.2) is 60.8 Å². The first-order chi connectivity index (χ1) is 9.63. The fraction of sp³-hybridized carbons (Fsp3) is 0.533. The Kier molecular flexibility index (Phi) is 3.63. The van der Waals surface area contributed by atoms with Crippen LogP contribution < -0.4 is 4.90 Å². The highest BCUT2D eigenvalue weighted by Crippen LogP contribution is 2.24. The number of rotatable bonds is 3. The van der Waals surface area contributed by atoms with Crippen molar-refractivity contribution in [3.05, 3.63) is 24.5 Å². The van der Waals surface area contributed by atoms with Crippen molar-refractivity contribution < 1.29 is 4.74 Å². The lowest BCUT2D eigenvalue weighted by molar-refractivity contribution is 0.00880. The van der Waals surface area contributed by atoms with E-state index in [0.717, 1.165) is 30.7 Å². The number of imidazole rings is 1. The zero-order valence-corrected chi connectivity index (χ0v) is 12.3. The van der Waals surface area contributed by atoms with Crippen LogP contribution in [0.2, 0.25) is 0 Å². The number of anilines is 1. The first-order valence-corrected chi connectivity index (χ1v) is 7.09. The van der Waals surface area contributed by atoms with Gasteiger partial charge in [0.15, 0.2) is 0 Å². The van der Waals surface area contributed by atoms with Crippen LogP contribution in [-0.2, 0) is 4.74 Å². The highest BCUT2D eigenvalue weighted by Gasteiger charge is 2.26. The molecule has 20 heavy (non-hydrogen) atoms. The van der Waals surface area contributed by atoms with Crippen molar-refractivity contribution >= 4 is 16.7 Å². The molecule has 0 unspecified atom stereocenters. The smallest absolute Gasteiger partial charge is 0.0931 e. The summed E-state index contributed by atoms with van der Waals surface area (Å²) < 4.78 is 5.92. The van der Waals surface area contributed by atoms with Crippen LogP contribution in [0.5, 0.6) is 0 Å². The second kappa shape index (κ2) is 5.42. The standard InChI is InChI=1S/C15H22N4O/c1-11-9-20-13(7-18(2)3)8-19(11)12-4-5-14-15(6-12)17-10-16-14/h4-6,10-11,13H,7-9H2,1-3H3,(H,16,17)/t11-,13+/m1/s1. The third-order valence-corrected chi connectivity index (χ3v) is 3.81. The summed E-state index contributed by atoms with van der Waals surface area (Å²) in [5, 5.41) is 0. The van der Waals surface area contributed by atoms with Crippen LogP contribution in [0.1, 0.15) is 6.92 Å². The van der Waals surface area contributed by atoms with E-state index in [9.17, 15) is 0 Å². The highest BCUT2D eigenvalue weighted by atomic mass is 16.5. The van der Waals surface area contributed by atoms with Gasteiger partial charge in [-0.25, -0.2) is 4.98 Å². The quantitative estimate of drug-likeness (QED) is 0.925. The first-order valence-electron chi connectivity index (χ1n) is 7.09. The molecule has 0 amide bonds. The summed E-state index contributed by atoms with van der Waals surface area (Å²) in [6, 6.07) is 6.80. The average Bonchev–Trinajstić information content (AvgIpc) is 2.87. The molecule has 1 aromatic heterocycles. The molecule has 0 spiro atoms. The molecule has 1 fully saturated rings. The number of nitrogens with zero attached hydrogens (tertiary/aromatic N) is 3. The third-order valence-electron chi connectivity index (χ3n) is 3.81. The summed E-state index contributed by atoms with van der Waals surface area (Å²) in [6.07, 6.45) is 2.00. The Morgan fingerprint density at radius 2 is 2.30 bits per heavy atom. The van der Waals surface area contributed by atoms with Gasteiger partial charge in [-0.05, 0) is 39.2 Å². The molecular formula is C15H22N4O. The van der Waals surface area contributed by atoms with Gasteiger partial charge in [0.1, 0.15) is 0 Å². The van der Waals surface area contributed by atoms with Gasteiger partial charge in [-0.3, -0.25) is 0 Å². The van der Waals surface area contributed by atoms with Crippen LogP contribution in [0.4, 0.5) is 5.69 Å². The van der Waals surface area contributed by atoms with E-state index in [1.165, 1.54) is 5.69 Å². The molecular weight excluding hydrogens is 252 g/mol. The van der Waals surface area contributed by atoms with Gasteiger partial charge in [0.2, 0.25) is 0 Å². The van der Waals surface area contributed by atoms with Crippen molar-refractivity contribution in [2.75, 3.05) is 38.7 Å². The van der Waals surface area contributed by atoms with E-state index in [1.807, 2.05) is 0 Å². The van der Waals surface area contributed by atoms with Gasteiger partial charge in [0.05, 0.1) is 30.1 Å². The van der Waals surface area contributed by atoms with Crippen molar-refractivity contribution in [1.29, 1.82) is 0 Å². The van der Waals surface area contributed by atoms with Crippen molar-refractivity contribution in [3.63, 3.8) is 0 Å². The number of likely N-dealkylation sites (N-methyl/N-ethyl adjacent to an activating group) is 1. The monoisotopic (exact) mass is 274 g/mol. The molecule has 2 aromatic rings. The molecule has 108 valence electrons. The molecule has 0 saturated carbocycles. The number of H-pyrrole nitrogens is 1. The fourth-order valence-electron chi connectivity index (χ4n) is 2.80. The van der Waals surface area contributed by atoms with E-state index in [4.69, 9.17) is 4.74 Å². The van der Waals surface area contributed by atoms with E-state index in [-0.39, 0.29) is 6.10 Å². The van der Waals surface area contributed by atoms with Crippen LogP contribution in [0.3, 0.4) is 0 Å². The summed E-state index contributed by atoms with van der Waals surface area (Å²) in [5.41, 5.74) is 3.34. The van der Waals surface area contributed by atoms with Gasteiger partial charge in [0.25, 0.3) is 0 Å². The Morgan fingerprint density at radius 1 is 1.45 bits per heavy atom. The van der Waals surface area contributed by atoms with Crippen molar-refractivity contribution in [1.82, 2.24) is 14.9 Å². The maximum absolute atomic E-state index is 5.92. The normalized spacial score (nSPS) is 23.7. The molecule has 3 rings (SSSR count). The lowest BCUT2D eigenvalue weighted by atomic mass is 10.1. The number of morpholine rings is 1. The van der Waals surface area contributed by atoms with Gasteiger partial charge in [0, 0.05) is 24.8 Å². The highest BCUT2D eigenvalue weighted by molar-refractivity contribution is 5.79. The van der Waals surface area contributed by atoms with Gasteiger partial charge >= 0.3 is 0 Å². The van der Waals surface area contributed by atoms with E-state index in [2.05, 4.69) is 59.0 Å². The second-order valence-corrected chi connectivity index (χ2v) is 5.82. The Hall–Kier alpha value is -1.59. The van der Waals surface area contributed by atoms with Crippen molar-refractivity contribution in [2.24, 2.45) is 0 Å². The number of nitrogens with one attached hydrogen (secondary N) is 1. The maximum Gasteiger partial charge on any atom is 0.0931 e. The average molecular weight is 274 g/mol. The lowest BCUT2D eigenvalue weighted by Gasteiger charge is -2.40. The number of fused-ring (bicyclic) bond motifs is 1. The van der Waals surface area contributed by atoms with Crippen molar-refractivity contribution in [3.8, 4) is 0 Å². The van der Waals surface area contributed by atoms with Gasteiger partial charge in [-0.1, -0.05) is 0 Å². The number of hydrogen-bond acceptors (Lipinski definition) is 4. The van der Waals surface area contributed by atoms with E-state index in [0.29, 0.717) is 6.04 Å². The summed E-state index contributed by atoms with van der Waals surface area (Å²) in [6.45, 7) is 4.87. The number of aromatic nitrogens is 2. The van der Waals surface area contributed by atoms with Crippen LogP contribution in [0, 0.1) is 0 Å². The second-order valence-electron chi connectivity index (χ2n) is 5.82. The molecule has 1 aliphatic rings. The molecule has 5 heteroatoms. The number of benzene rings is 1. The van der Waals surface area contributed by atoms with Gasteiger partial charge in [-0.15, -0.1) is 0 Å².